The number of benzene rings is 1. The maximum absolute atomic E-state index is 13.2. The van der Waals surface area contributed by atoms with E-state index in [-0.39, 0.29) is 34.7 Å². The van der Waals surface area contributed by atoms with Gasteiger partial charge in [0.25, 0.3) is 5.56 Å². The van der Waals surface area contributed by atoms with Gasteiger partial charge < -0.3 is 10.2 Å². The molecule has 2 atom stereocenters. The topological polar surface area (TPSA) is 113 Å². The van der Waals surface area contributed by atoms with E-state index < -0.39 is 23.4 Å². The Labute approximate surface area is 188 Å². The van der Waals surface area contributed by atoms with E-state index in [9.17, 15) is 27.6 Å². The predicted octanol–water partition coefficient (Wildman–Crippen LogP) is 0.373. The van der Waals surface area contributed by atoms with Crippen LogP contribution in [0.2, 0.25) is 0 Å². The number of halogens is 3. The Morgan fingerprint density at radius 3 is 2.56 bits per heavy atom. The summed E-state index contributed by atoms with van der Waals surface area (Å²) >= 11 is 0. The Morgan fingerprint density at radius 1 is 1.18 bits per heavy atom. The summed E-state index contributed by atoms with van der Waals surface area (Å²) in [6.45, 7) is 1.26. The smallest absolute Gasteiger partial charge is 0.336 e. The van der Waals surface area contributed by atoms with Crippen molar-refractivity contribution in [2.24, 2.45) is 14.1 Å². The summed E-state index contributed by atoms with van der Waals surface area (Å²) in [7, 11) is 2.78. The van der Waals surface area contributed by atoms with Gasteiger partial charge in [0.2, 0.25) is 11.7 Å². The van der Waals surface area contributed by atoms with E-state index in [1.807, 2.05) is 4.90 Å². The molecule has 2 aromatic heterocycles. The standard InChI is InChI=1S/C20H19F3N6O5/c1-26-15-14(16(30)27(2)19(26)32)29(18(25-15)28-9-10-7-11(28)8-24-10)12-5-3-4-6-13(12)33-34-17(31)20(21,22)23/h3-6,10-11,24H,7-9H2,1-2H3/t10-,11-/m1/s1. The normalized spacial score (nSPS) is 19.7. The third-order valence-corrected chi connectivity index (χ3v) is 6.10. The minimum absolute atomic E-state index is 0.0218. The van der Waals surface area contributed by atoms with E-state index in [1.165, 1.54) is 41.4 Å². The molecule has 0 aliphatic carbocycles. The van der Waals surface area contributed by atoms with Gasteiger partial charge >= 0.3 is 17.8 Å². The van der Waals surface area contributed by atoms with Crippen LogP contribution in [-0.4, -0.2) is 56.0 Å². The lowest BCUT2D eigenvalue weighted by Crippen LogP contribution is -2.44. The SMILES string of the molecule is Cn1c(=O)c2c(nc(N3C[C@H]4C[C@@H]3CN4)n2-c2ccccc2OOC(=O)C(F)(F)F)n(C)c1=O. The number of piperazine rings is 1. The molecule has 34 heavy (non-hydrogen) atoms. The molecule has 5 rings (SSSR count). The number of imidazole rings is 1. The van der Waals surface area contributed by atoms with Crippen LogP contribution in [0.25, 0.3) is 16.9 Å². The first kappa shape index (κ1) is 22.0. The van der Waals surface area contributed by atoms with E-state index in [0.29, 0.717) is 19.0 Å². The zero-order valence-electron chi connectivity index (χ0n) is 18.0. The molecule has 1 aromatic carbocycles. The molecule has 1 N–H and O–H groups in total. The highest BCUT2D eigenvalue weighted by atomic mass is 19.4. The highest BCUT2D eigenvalue weighted by Gasteiger charge is 2.43. The highest BCUT2D eigenvalue weighted by Crippen LogP contribution is 2.35. The van der Waals surface area contributed by atoms with E-state index in [2.05, 4.69) is 15.2 Å². The van der Waals surface area contributed by atoms with Gasteiger partial charge in [-0.2, -0.15) is 18.2 Å². The first-order valence-electron chi connectivity index (χ1n) is 10.3. The van der Waals surface area contributed by atoms with Crippen molar-refractivity contribution < 1.29 is 27.7 Å². The zero-order valence-corrected chi connectivity index (χ0v) is 18.0. The van der Waals surface area contributed by atoms with Gasteiger partial charge in [0.1, 0.15) is 0 Å². The van der Waals surface area contributed by atoms with E-state index in [4.69, 9.17) is 4.89 Å². The minimum atomic E-state index is -5.25. The molecule has 0 radical (unpaired) electrons. The van der Waals surface area contributed by atoms with Crippen molar-refractivity contribution in [1.82, 2.24) is 24.0 Å². The van der Waals surface area contributed by atoms with Crippen LogP contribution in [0.3, 0.4) is 0 Å². The number of nitrogens with zero attached hydrogens (tertiary/aromatic N) is 5. The summed E-state index contributed by atoms with van der Waals surface area (Å²) in [5.74, 6) is -2.46. The van der Waals surface area contributed by atoms with Crippen molar-refractivity contribution >= 4 is 23.1 Å². The Hall–Kier alpha value is -3.81. The number of aryl methyl sites for hydroxylation is 1. The molecule has 2 aliphatic heterocycles. The second-order valence-electron chi connectivity index (χ2n) is 8.19. The van der Waals surface area contributed by atoms with Crippen LogP contribution >= 0.6 is 0 Å². The fourth-order valence-corrected chi connectivity index (χ4v) is 4.45. The number of fused-ring (bicyclic) bond motifs is 3. The summed E-state index contributed by atoms with van der Waals surface area (Å²) < 4.78 is 41.4. The summed E-state index contributed by atoms with van der Waals surface area (Å²) in [6.07, 6.45) is -4.40. The highest BCUT2D eigenvalue weighted by molar-refractivity contribution is 5.79. The minimum Gasteiger partial charge on any atom is -0.336 e. The van der Waals surface area contributed by atoms with Crippen LogP contribution in [-0.2, 0) is 23.8 Å². The first-order chi connectivity index (χ1) is 16.1. The molecule has 0 saturated carbocycles. The average molecular weight is 480 g/mol. The number of alkyl halides is 3. The molecule has 11 nitrogen and oxygen atoms in total. The van der Waals surface area contributed by atoms with Gasteiger partial charge in [-0.3, -0.25) is 23.4 Å². The largest absolute Gasteiger partial charge is 0.495 e. The Balaban J connectivity index is 1.72. The van der Waals surface area contributed by atoms with Crippen molar-refractivity contribution in [2.75, 3.05) is 18.0 Å². The molecule has 0 unspecified atom stereocenters. The summed E-state index contributed by atoms with van der Waals surface area (Å²) in [4.78, 5) is 52.2. The molecular weight excluding hydrogens is 461 g/mol. The number of para-hydroxylation sites is 2. The number of carbonyl (C=O) groups excluding carboxylic acids is 1. The molecule has 0 amide bonds. The van der Waals surface area contributed by atoms with E-state index in [1.54, 1.807) is 6.07 Å². The average Bonchev–Trinajstić information content (AvgIpc) is 3.53. The van der Waals surface area contributed by atoms with Crippen LogP contribution in [0.1, 0.15) is 6.42 Å². The Bertz CT molecular complexity index is 1430. The quantitative estimate of drug-likeness (QED) is 0.421. The lowest BCUT2D eigenvalue weighted by Gasteiger charge is -2.29. The van der Waals surface area contributed by atoms with Gasteiger partial charge in [-0.15, -0.1) is 0 Å². The second-order valence-corrected chi connectivity index (χ2v) is 8.19. The lowest BCUT2D eigenvalue weighted by molar-refractivity contribution is -0.256. The number of carbonyl (C=O) groups is 1. The number of nitrogens with one attached hydrogen (secondary N) is 1. The van der Waals surface area contributed by atoms with Gasteiger partial charge in [0, 0.05) is 39.3 Å². The second kappa shape index (κ2) is 7.62. The number of anilines is 1. The monoisotopic (exact) mass is 480 g/mol. The molecule has 2 aliphatic rings. The number of hydrogen-bond acceptors (Lipinski definition) is 8. The predicted molar refractivity (Wildman–Crippen MR) is 112 cm³/mol. The molecular formula is C20H19F3N6O5. The molecule has 2 fully saturated rings. The molecule has 180 valence electrons. The fraction of sp³-hybridized carbons (Fsp3) is 0.400. The van der Waals surface area contributed by atoms with Crippen LogP contribution in [0.4, 0.5) is 19.1 Å². The van der Waals surface area contributed by atoms with Gasteiger partial charge in [0.05, 0.1) is 5.69 Å². The van der Waals surface area contributed by atoms with E-state index in [0.717, 1.165) is 11.0 Å². The van der Waals surface area contributed by atoms with Crippen LogP contribution < -0.4 is 26.4 Å². The summed E-state index contributed by atoms with van der Waals surface area (Å²) in [5.41, 5.74) is -1.00. The van der Waals surface area contributed by atoms with Crippen LogP contribution in [0, 0.1) is 0 Å². The van der Waals surface area contributed by atoms with Gasteiger partial charge in [0.15, 0.2) is 11.2 Å². The lowest BCUT2D eigenvalue weighted by atomic mass is 10.2. The van der Waals surface area contributed by atoms with Crippen LogP contribution in [0.15, 0.2) is 33.9 Å². The van der Waals surface area contributed by atoms with Crippen molar-refractivity contribution in [3.63, 3.8) is 0 Å². The third-order valence-electron chi connectivity index (χ3n) is 6.10. The first-order valence-corrected chi connectivity index (χ1v) is 10.3. The summed E-state index contributed by atoms with van der Waals surface area (Å²) in [6, 6.07) is 6.10. The Kier molecular flexibility index (Phi) is 4.93. The van der Waals surface area contributed by atoms with E-state index >= 15 is 0 Å². The van der Waals surface area contributed by atoms with Gasteiger partial charge in [-0.05, 0) is 18.6 Å². The maximum Gasteiger partial charge on any atom is 0.495 e. The molecule has 0 spiro atoms. The number of rotatable bonds is 4. The molecule has 3 aromatic rings. The van der Waals surface area contributed by atoms with Gasteiger partial charge in [-0.1, -0.05) is 12.1 Å². The molecule has 2 saturated heterocycles. The van der Waals surface area contributed by atoms with Gasteiger partial charge in [-0.25, -0.2) is 14.5 Å². The van der Waals surface area contributed by atoms with Crippen LogP contribution in [0.5, 0.6) is 5.75 Å². The van der Waals surface area contributed by atoms with Crippen molar-refractivity contribution in [1.29, 1.82) is 0 Å². The number of aromatic nitrogens is 4. The summed E-state index contributed by atoms with van der Waals surface area (Å²) in [5, 5.41) is 3.36. The third kappa shape index (κ3) is 3.32. The zero-order chi connectivity index (χ0) is 24.4. The van der Waals surface area contributed by atoms with Crippen molar-refractivity contribution in [3.8, 4) is 11.4 Å². The fourth-order valence-electron chi connectivity index (χ4n) is 4.45. The molecule has 2 bridgehead atoms. The maximum atomic E-state index is 13.2. The molecule has 4 heterocycles. The number of hydrogen-bond donors (Lipinski definition) is 1. The Morgan fingerprint density at radius 2 is 1.91 bits per heavy atom. The van der Waals surface area contributed by atoms with Crippen molar-refractivity contribution in [3.05, 3.63) is 45.1 Å². The molecule has 14 heteroatoms. The van der Waals surface area contributed by atoms with Crippen molar-refractivity contribution in [2.45, 2.75) is 24.7 Å².